The van der Waals surface area contributed by atoms with Gasteiger partial charge in [-0.25, -0.2) is 13.4 Å². The zero-order valence-electron chi connectivity index (χ0n) is 19.4. The Hall–Kier alpha value is -3.53. The van der Waals surface area contributed by atoms with Gasteiger partial charge >= 0.3 is 10.1 Å². The summed E-state index contributed by atoms with van der Waals surface area (Å²) in [7, 11) is -7.62. The quantitative estimate of drug-likeness (QED) is 0.190. The zero-order chi connectivity index (χ0) is 25.8. The molecule has 7 rings (SSSR count). The van der Waals surface area contributed by atoms with E-state index in [4.69, 9.17) is 9.54 Å². The zero-order valence-corrected chi connectivity index (χ0v) is 23.4. The van der Waals surface area contributed by atoms with Gasteiger partial charge in [0.15, 0.2) is 14.9 Å². The van der Waals surface area contributed by atoms with Crippen molar-refractivity contribution in [2.45, 2.75) is 14.8 Å². The molecule has 1 N–H and O–H groups in total. The fraction of sp³-hybridized carbons (Fsp3) is 0. The second-order valence-electron chi connectivity index (χ2n) is 8.44. The Morgan fingerprint density at radius 2 is 1.58 bits per heavy atom. The van der Waals surface area contributed by atoms with Crippen LogP contribution in [0.5, 0.6) is 0 Å². The number of sulfone groups is 1. The molecule has 1 radical (unpaired) electrons. The van der Waals surface area contributed by atoms with Gasteiger partial charge in [0, 0.05) is 31.7 Å². The molecule has 1 aliphatic heterocycles. The minimum absolute atomic E-state index is 0. The first-order chi connectivity index (χ1) is 17.7. The number of hydrogen-bond acceptors (Lipinski definition) is 6. The third-order valence-corrected chi connectivity index (χ3v) is 8.81. The Morgan fingerprint density at radius 1 is 0.816 bits per heavy atom. The third-order valence-electron chi connectivity index (χ3n) is 6.19. The second-order valence-corrected chi connectivity index (χ2v) is 11.7. The second kappa shape index (κ2) is 9.65. The Kier molecular flexibility index (Phi) is 6.63. The van der Waals surface area contributed by atoms with Crippen LogP contribution in [0.1, 0.15) is 11.1 Å². The molecular weight excluding hydrogens is 701 g/mol. The van der Waals surface area contributed by atoms with Crippen molar-refractivity contribution in [3.8, 4) is 22.4 Å². The van der Waals surface area contributed by atoms with Crippen molar-refractivity contribution in [2.75, 3.05) is 0 Å². The molecule has 0 bridgehead atoms. The molecule has 3 aromatic carbocycles. The summed E-state index contributed by atoms with van der Waals surface area (Å²) in [6, 6.07) is 26.1. The first kappa shape index (κ1) is 26.1. The smallest absolute Gasteiger partial charge is 0.296 e. The van der Waals surface area contributed by atoms with Gasteiger partial charge in [-0.05, 0) is 51.5 Å². The summed E-state index contributed by atoms with van der Waals surface area (Å²) in [5.41, 5.74) is 6.05. The van der Waals surface area contributed by atoms with Crippen molar-refractivity contribution in [3.05, 3.63) is 102 Å². The average molecular weight is 718 g/mol. The summed E-state index contributed by atoms with van der Waals surface area (Å²) < 4.78 is 55.0. The summed E-state index contributed by atoms with van der Waals surface area (Å²) in [4.78, 5) is 8.87. The topological polar surface area (TPSA) is 114 Å². The molecule has 191 valence electrons. The minimum atomic E-state index is -4.11. The molecular formula is C28H17IrN2O5S2-. The molecule has 0 fully saturated rings. The van der Waals surface area contributed by atoms with Gasteiger partial charge < -0.3 is 0 Å². The van der Waals surface area contributed by atoms with Crippen LogP contribution in [0.15, 0.2) is 99.9 Å². The number of fused-ring (bicyclic) bond motifs is 3. The molecule has 38 heavy (non-hydrogen) atoms. The van der Waals surface area contributed by atoms with Crippen LogP contribution in [0.3, 0.4) is 0 Å². The van der Waals surface area contributed by atoms with E-state index in [-0.39, 0.29) is 25.1 Å². The van der Waals surface area contributed by atoms with Crippen molar-refractivity contribution in [1.29, 1.82) is 0 Å². The van der Waals surface area contributed by atoms with Crippen LogP contribution in [0.2, 0.25) is 0 Å². The fourth-order valence-electron chi connectivity index (χ4n) is 4.53. The van der Waals surface area contributed by atoms with Gasteiger partial charge in [0.2, 0.25) is 0 Å². The van der Waals surface area contributed by atoms with Gasteiger partial charge in [0.05, 0.1) is 10.4 Å². The van der Waals surface area contributed by atoms with E-state index >= 15 is 0 Å². The van der Waals surface area contributed by atoms with Crippen LogP contribution < -0.4 is 0 Å². The van der Waals surface area contributed by atoms with Crippen molar-refractivity contribution >= 4 is 43.0 Å². The number of aromatic nitrogens is 2. The van der Waals surface area contributed by atoms with Gasteiger partial charge in [-0.3, -0.25) is 9.54 Å². The van der Waals surface area contributed by atoms with Crippen molar-refractivity contribution in [3.63, 3.8) is 0 Å². The maximum Gasteiger partial charge on any atom is 0.312 e. The molecule has 7 nitrogen and oxygen atoms in total. The van der Waals surface area contributed by atoms with E-state index in [1.807, 2.05) is 30.3 Å². The molecule has 0 spiro atoms. The average Bonchev–Trinajstić information content (AvgIpc) is 3.42. The number of benzene rings is 3. The van der Waals surface area contributed by atoms with Gasteiger partial charge in [0.1, 0.15) is 0 Å². The molecule has 1 aliphatic carbocycles. The van der Waals surface area contributed by atoms with E-state index in [2.05, 4.69) is 29.3 Å². The maximum absolute atomic E-state index is 13.0. The third kappa shape index (κ3) is 4.40. The van der Waals surface area contributed by atoms with E-state index < -0.39 is 20.0 Å². The molecule has 0 saturated heterocycles. The van der Waals surface area contributed by atoms with Crippen LogP contribution >= 0.6 is 0 Å². The monoisotopic (exact) mass is 718 g/mol. The summed E-state index contributed by atoms with van der Waals surface area (Å²) in [5.74, 6) is 0. The Balaban J connectivity index is 0.000000229. The van der Waals surface area contributed by atoms with Gasteiger partial charge in [0.25, 0.3) is 0 Å². The molecule has 10 heteroatoms. The van der Waals surface area contributed by atoms with Gasteiger partial charge in [-0.2, -0.15) is 8.42 Å². The fourth-order valence-corrected chi connectivity index (χ4v) is 6.67. The van der Waals surface area contributed by atoms with Crippen LogP contribution in [-0.2, 0) is 40.1 Å². The molecule has 0 saturated carbocycles. The minimum Gasteiger partial charge on any atom is -0.296 e. The van der Waals surface area contributed by atoms with Crippen LogP contribution in [-0.4, -0.2) is 31.4 Å². The number of nitrogens with zero attached hydrogens (tertiary/aromatic N) is 2. The molecule has 2 aromatic heterocycles. The molecule has 0 unspecified atom stereocenters. The summed E-state index contributed by atoms with van der Waals surface area (Å²) in [6.45, 7) is 0. The maximum atomic E-state index is 13.0. The van der Waals surface area contributed by atoms with Crippen LogP contribution in [0.25, 0.3) is 45.4 Å². The molecule has 2 aliphatic rings. The summed E-state index contributed by atoms with van der Waals surface area (Å²) in [5, 5.41) is 0.817. The summed E-state index contributed by atoms with van der Waals surface area (Å²) >= 11 is 0. The van der Waals surface area contributed by atoms with E-state index in [0.717, 1.165) is 33.3 Å². The van der Waals surface area contributed by atoms with Gasteiger partial charge in [-0.15, -0.1) is 23.8 Å². The Morgan fingerprint density at radius 3 is 2.32 bits per heavy atom. The van der Waals surface area contributed by atoms with Crippen molar-refractivity contribution in [2.24, 2.45) is 0 Å². The van der Waals surface area contributed by atoms with Crippen LogP contribution in [0.4, 0.5) is 0 Å². The largest absolute Gasteiger partial charge is 0.312 e. The SMILES string of the molecule is O=S(=O)(O)c1ccccn1.O=S1(=O)c2ccccc2-c2c[c-]c(-c3cc4c5c(cccc5n3)C=C4)cc21.[Ir]. The standard InChI is InChI=1S/C23H12NO2S.C5H5NO3S.Ir/c25-27(26)21-7-2-1-5-17(21)18-11-10-15(13-22(18)27)20-12-16-9-8-14-4-3-6-19(24-20)23(14)16;7-10(8,9)5-3-1-2-4-6-5;/h1-9,11-13H;1-4H,(H,7,8,9);/q-1;;. The Labute approximate surface area is 232 Å². The number of pyridine rings is 2. The predicted molar refractivity (Wildman–Crippen MR) is 140 cm³/mol. The van der Waals surface area contributed by atoms with E-state index in [1.54, 1.807) is 30.3 Å². The normalized spacial score (nSPS) is 13.7. The van der Waals surface area contributed by atoms with E-state index in [9.17, 15) is 16.8 Å². The van der Waals surface area contributed by atoms with Crippen molar-refractivity contribution < 1.29 is 41.5 Å². The first-order valence-corrected chi connectivity index (χ1v) is 14.1. The molecule has 0 amide bonds. The molecule has 3 heterocycles. The van der Waals surface area contributed by atoms with Gasteiger partial charge in [-0.1, -0.05) is 60.2 Å². The van der Waals surface area contributed by atoms with Crippen LogP contribution in [0, 0.1) is 6.07 Å². The molecule has 0 atom stereocenters. The van der Waals surface area contributed by atoms with E-state index in [1.165, 1.54) is 18.3 Å². The molecule has 5 aromatic rings. The predicted octanol–water partition coefficient (Wildman–Crippen LogP) is 5.32. The van der Waals surface area contributed by atoms with E-state index in [0.29, 0.717) is 20.9 Å². The number of hydrogen-bond donors (Lipinski definition) is 1. The summed E-state index contributed by atoms with van der Waals surface area (Å²) in [6.07, 6.45) is 5.45. The number of rotatable bonds is 2. The Bertz CT molecular complexity index is 1970. The first-order valence-electron chi connectivity index (χ1n) is 11.1. The van der Waals surface area contributed by atoms with Crippen molar-refractivity contribution in [1.82, 2.24) is 9.97 Å².